The Hall–Kier alpha value is -4.84. The number of ketones is 1. The van der Waals surface area contributed by atoms with E-state index in [0.29, 0.717) is 22.6 Å². The van der Waals surface area contributed by atoms with Crippen LogP contribution in [-0.4, -0.2) is 21.9 Å². The zero-order chi connectivity index (χ0) is 26.9. The molecule has 0 spiro atoms. The summed E-state index contributed by atoms with van der Waals surface area (Å²) in [5, 5.41) is 22.2. The second-order valence-electron chi connectivity index (χ2n) is 9.84. The van der Waals surface area contributed by atoms with Crippen LogP contribution in [0.25, 0.3) is 5.76 Å². The van der Waals surface area contributed by atoms with Crippen molar-refractivity contribution >= 4 is 23.1 Å². The zero-order valence-electron chi connectivity index (χ0n) is 21.2. The highest BCUT2D eigenvalue weighted by Gasteiger charge is 2.47. The van der Waals surface area contributed by atoms with E-state index in [2.05, 4.69) is 0 Å². The summed E-state index contributed by atoms with van der Waals surface area (Å²) in [5.41, 5.74) is 3.60. The second kappa shape index (κ2) is 10.1. The van der Waals surface area contributed by atoms with Gasteiger partial charge in [-0.05, 0) is 84.8 Å². The van der Waals surface area contributed by atoms with Crippen LogP contribution in [0.3, 0.4) is 0 Å². The summed E-state index contributed by atoms with van der Waals surface area (Å²) in [7, 11) is 0. The Bertz CT molecular complexity index is 1610. The normalized spacial score (nSPS) is 18.2. The van der Waals surface area contributed by atoms with Crippen LogP contribution in [0, 0.1) is 0 Å². The number of phenols is 1. The third kappa shape index (κ3) is 4.55. The van der Waals surface area contributed by atoms with E-state index < -0.39 is 17.7 Å². The number of para-hydroxylation sites is 3. The number of hydrogen-bond acceptors (Lipinski definition) is 5. The predicted molar refractivity (Wildman–Crippen MR) is 149 cm³/mol. The zero-order valence-corrected chi connectivity index (χ0v) is 21.2. The van der Waals surface area contributed by atoms with Crippen molar-refractivity contribution in [1.82, 2.24) is 0 Å². The van der Waals surface area contributed by atoms with E-state index in [4.69, 9.17) is 4.74 Å². The first kappa shape index (κ1) is 24.5. The first-order valence-corrected chi connectivity index (χ1v) is 13.1. The summed E-state index contributed by atoms with van der Waals surface area (Å²) in [5.74, 6) is -0.869. The second-order valence-corrected chi connectivity index (χ2v) is 9.84. The summed E-state index contributed by atoms with van der Waals surface area (Å²) in [6, 6.07) is 27.5. The summed E-state index contributed by atoms with van der Waals surface area (Å²) in [4.78, 5) is 28.3. The molecule has 2 aliphatic rings. The van der Waals surface area contributed by atoms with Crippen LogP contribution < -0.4 is 9.64 Å². The molecule has 1 amide bonds. The van der Waals surface area contributed by atoms with E-state index in [1.54, 1.807) is 48.5 Å². The lowest BCUT2D eigenvalue weighted by Gasteiger charge is -2.26. The minimum absolute atomic E-state index is 0.0316. The van der Waals surface area contributed by atoms with Gasteiger partial charge in [0.25, 0.3) is 11.7 Å². The summed E-state index contributed by atoms with van der Waals surface area (Å²) in [6.07, 6.45) is 4.10. The van der Waals surface area contributed by atoms with E-state index in [0.717, 1.165) is 31.2 Å². The van der Waals surface area contributed by atoms with Crippen molar-refractivity contribution in [3.8, 4) is 17.2 Å². The van der Waals surface area contributed by atoms with E-state index in [1.165, 1.54) is 16.5 Å². The van der Waals surface area contributed by atoms with Gasteiger partial charge >= 0.3 is 0 Å². The Kier molecular flexibility index (Phi) is 6.37. The molecule has 194 valence electrons. The smallest absolute Gasteiger partial charge is 0.300 e. The molecule has 0 aromatic heterocycles. The number of aryl methyl sites for hydroxylation is 2. The molecule has 1 aliphatic carbocycles. The minimum Gasteiger partial charge on any atom is -0.507 e. The van der Waals surface area contributed by atoms with Crippen molar-refractivity contribution in [3.05, 3.63) is 125 Å². The highest BCUT2D eigenvalue weighted by molar-refractivity contribution is 6.51. The molecule has 4 aromatic rings. The third-order valence-electron chi connectivity index (χ3n) is 7.36. The van der Waals surface area contributed by atoms with Gasteiger partial charge in [0.05, 0.1) is 17.3 Å². The van der Waals surface area contributed by atoms with Crippen LogP contribution in [0.15, 0.2) is 103 Å². The number of carbonyl (C=O) groups is 2. The summed E-state index contributed by atoms with van der Waals surface area (Å²) < 4.78 is 6.02. The quantitative estimate of drug-likeness (QED) is 0.175. The van der Waals surface area contributed by atoms with Gasteiger partial charge in [-0.15, -0.1) is 0 Å². The molecule has 1 atom stereocenters. The molecule has 1 fully saturated rings. The van der Waals surface area contributed by atoms with E-state index in [9.17, 15) is 19.8 Å². The Morgan fingerprint density at radius 2 is 1.49 bits per heavy atom. The molecule has 6 heteroatoms. The standard InChI is InChI=1S/C33H27NO5/c35-28-16-7-6-15-27(28)34-30(23-11-8-14-26(20-23)39-25-12-2-1-3-13-25)29(32(37)33(34)38)31(36)24-18-17-21-9-4-5-10-22(21)19-24/h1-3,6-8,11-20,30,35-36H,4-5,9-10H2/b31-29-. The first-order chi connectivity index (χ1) is 19.0. The van der Waals surface area contributed by atoms with Gasteiger partial charge in [0.1, 0.15) is 23.0 Å². The number of benzene rings is 4. The highest BCUT2D eigenvalue weighted by atomic mass is 16.5. The molecular weight excluding hydrogens is 490 g/mol. The SMILES string of the molecule is O=C1C(=O)N(c2ccccc2O)C(c2cccc(Oc3ccccc3)c2)/C1=C(/O)c1ccc2c(c1)CCCC2. The van der Waals surface area contributed by atoms with Crippen LogP contribution >= 0.6 is 0 Å². The Morgan fingerprint density at radius 1 is 0.769 bits per heavy atom. The molecule has 39 heavy (non-hydrogen) atoms. The molecule has 0 bridgehead atoms. The van der Waals surface area contributed by atoms with Crippen LogP contribution in [0.1, 0.15) is 41.1 Å². The number of aromatic hydroxyl groups is 1. The van der Waals surface area contributed by atoms with Gasteiger partial charge in [0, 0.05) is 5.56 Å². The van der Waals surface area contributed by atoms with Crippen molar-refractivity contribution in [2.75, 3.05) is 4.90 Å². The maximum absolute atomic E-state index is 13.5. The fourth-order valence-corrected chi connectivity index (χ4v) is 5.47. The molecule has 2 N–H and O–H groups in total. The lowest BCUT2D eigenvalue weighted by molar-refractivity contribution is -0.132. The predicted octanol–water partition coefficient (Wildman–Crippen LogP) is 6.69. The van der Waals surface area contributed by atoms with Gasteiger partial charge in [0.15, 0.2) is 0 Å². The Balaban J connectivity index is 1.50. The van der Waals surface area contributed by atoms with E-state index in [-0.39, 0.29) is 22.8 Å². The number of ether oxygens (including phenoxy) is 1. The fourth-order valence-electron chi connectivity index (χ4n) is 5.47. The highest BCUT2D eigenvalue weighted by Crippen LogP contribution is 2.45. The van der Waals surface area contributed by atoms with Crippen molar-refractivity contribution in [2.45, 2.75) is 31.7 Å². The summed E-state index contributed by atoms with van der Waals surface area (Å²) >= 11 is 0. The topological polar surface area (TPSA) is 87.1 Å². The lowest BCUT2D eigenvalue weighted by atomic mass is 9.88. The van der Waals surface area contributed by atoms with Crippen molar-refractivity contribution < 1.29 is 24.5 Å². The van der Waals surface area contributed by atoms with E-state index >= 15 is 0 Å². The van der Waals surface area contributed by atoms with Gasteiger partial charge in [-0.2, -0.15) is 0 Å². The molecule has 6 rings (SSSR count). The largest absolute Gasteiger partial charge is 0.507 e. The van der Waals surface area contributed by atoms with Gasteiger partial charge in [0.2, 0.25) is 0 Å². The molecule has 1 unspecified atom stereocenters. The van der Waals surface area contributed by atoms with E-state index in [1.807, 2.05) is 42.5 Å². The van der Waals surface area contributed by atoms with Crippen LogP contribution in [-0.2, 0) is 22.4 Å². The molecule has 1 saturated heterocycles. The van der Waals surface area contributed by atoms with Crippen molar-refractivity contribution in [3.63, 3.8) is 0 Å². The lowest BCUT2D eigenvalue weighted by Crippen LogP contribution is -2.29. The summed E-state index contributed by atoms with van der Waals surface area (Å²) in [6.45, 7) is 0. The third-order valence-corrected chi connectivity index (χ3v) is 7.36. The number of aliphatic hydroxyl groups excluding tert-OH is 1. The Labute approximate surface area is 226 Å². The van der Waals surface area contributed by atoms with Crippen LogP contribution in [0.4, 0.5) is 5.69 Å². The molecule has 0 saturated carbocycles. The molecule has 1 heterocycles. The number of carbonyl (C=O) groups excluding carboxylic acids is 2. The molecular formula is C33H27NO5. The number of aliphatic hydroxyl groups is 1. The number of hydrogen-bond donors (Lipinski definition) is 2. The van der Waals surface area contributed by atoms with Gasteiger partial charge in [-0.25, -0.2) is 0 Å². The van der Waals surface area contributed by atoms with Crippen molar-refractivity contribution in [2.24, 2.45) is 0 Å². The van der Waals surface area contributed by atoms with Crippen molar-refractivity contribution in [1.29, 1.82) is 0 Å². The molecule has 6 nitrogen and oxygen atoms in total. The maximum atomic E-state index is 13.5. The molecule has 0 radical (unpaired) electrons. The van der Waals surface area contributed by atoms with Gasteiger partial charge < -0.3 is 14.9 Å². The Morgan fingerprint density at radius 3 is 2.28 bits per heavy atom. The monoisotopic (exact) mass is 517 g/mol. The number of nitrogens with zero attached hydrogens (tertiary/aromatic N) is 1. The minimum atomic E-state index is -0.978. The van der Waals surface area contributed by atoms with Gasteiger partial charge in [-0.1, -0.05) is 54.6 Å². The van der Waals surface area contributed by atoms with Crippen LogP contribution in [0.5, 0.6) is 17.2 Å². The number of anilines is 1. The fraction of sp³-hybridized carbons (Fsp3) is 0.152. The first-order valence-electron chi connectivity index (χ1n) is 13.1. The number of amides is 1. The number of Topliss-reactive ketones (excluding diaryl/α,β-unsaturated/α-hetero) is 1. The number of fused-ring (bicyclic) bond motifs is 1. The van der Waals surface area contributed by atoms with Crippen LogP contribution in [0.2, 0.25) is 0 Å². The molecule has 1 aliphatic heterocycles. The number of phenolic OH excluding ortho intramolecular Hbond substituents is 1. The number of rotatable bonds is 5. The molecule has 4 aromatic carbocycles. The maximum Gasteiger partial charge on any atom is 0.300 e. The van der Waals surface area contributed by atoms with Gasteiger partial charge in [-0.3, -0.25) is 14.5 Å². The average Bonchev–Trinajstić information content (AvgIpc) is 3.23. The average molecular weight is 518 g/mol.